The van der Waals surface area contributed by atoms with Crippen LogP contribution in [0.1, 0.15) is 6.92 Å². The zero-order valence-electron chi connectivity index (χ0n) is 7.94. The number of para-hydroxylation sites is 1. The Morgan fingerprint density at radius 3 is 2.57 bits per heavy atom. The van der Waals surface area contributed by atoms with Gasteiger partial charge >= 0.3 is 0 Å². The lowest BCUT2D eigenvalue weighted by Crippen LogP contribution is -2.39. The fourth-order valence-electron chi connectivity index (χ4n) is 1.42. The summed E-state index contributed by atoms with van der Waals surface area (Å²) in [4.78, 5) is 0. The molecule has 1 aromatic rings. The number of nitrogens with zero attached hydrogens (tertiary/aromatic N) is 2. The van der Waals surface area contributed by atoms with Crippen molar-refractivity contribution in [2.75, 3.05) is 10.5 Å². The van der Waals surface area contributed by atoms with E-state index in [-0.39, 0.29) is 0 Å². The quantitative estimate of drug-likeness (QED) is 0.646. The van der Waals surface area contributed by atoms with Gasteiger partial charge in [0.25, 0.3) is 0 Å². The number of hydrogen-bond acceptors (Lipinski definition) is 3. The van der Waals surface area contributed by atoms with Crippen molar-refractivity contribution < 1.29 is 0 Å². The lowest BCUT2D eigenvalue weighted by atomic mass is 10.3. The van der Waals surface area contributed by atoms with Crippen molar-refractivity contribution in [3.8, 4) is 0 Å². The molecule has 1 N–H and O–H groups in total. The van der Waals surface area contributed by atoms with Gasteiger partial charge in [0.15, 0.2) is 0 Å². The molecule has 1 aliphatic rings. The summed E-state index contributed by atoms with van der Waals surface area (Å²) in [6.07, 6.45) is 2.06. The number of hydrogen-bond donors (Lipinski definition) is 1. The first-order valence-corrected chi connectivity index (χ1v) is 5.56. The molecule has 74 valence electrons. The molecule has 0 aromatic heterocycles. The number of halogens is 1. The minimum Gasteiger partial charge on any atom is -0.285 e. The van der Waals surface area contributed by atoms with E-state index in [4.69, 9.17) is 0 Å². The number of benzene rings is 1. The van der Waals surface area contributed by atoms with Gasteiger partial charge in [-0.3, -0.25) is 10.0 Å². The average Bonchev–Trinajstić information content (AvgIpc) is 2.61. The lowest BCUT2D eigenvalue weighted by molar-refractivity contribution is 0.347. The minimum atomic E-state index is 0.772. The Morgan fingerprint density at radius 1 is 1.29 bits per heavy atom. The van der Waals surface area contributed by atoms with E-state index in [1.165, 1.54) is 5.70 Å². The average molecular weight is 254 g/mol. The van der Waals surface area contributed by atoms with Gasteiger partial charge in [0.1, 0.15) is 0 Å². The molecule has 0 bridgehead atoms. The molecule has 1 heterocycles. The molecule has 0 radical (unpaired) electrons. The van der Waals surface area contributed by atoms with Gasteiger partial charge in [-0.2, -0.15) is 0 Å². The molecule has 0 saturated heterocycles. The van der Waals surface area contributed by atoms with Crippen LogP contribution in [-0.4, -0.2) is 10.5 Å². The van der Waals surface area contributed by atoms with Crippen LogP contribution in [0.2, 0.25) is 0 Å². The molecule has 14 heavy (non-hydrogen) atoms. The molecular formula is C10H12BrN3. The summed E-state index contributed by atoms with van der Waals surface area (Å²) in [6.45, 7) is 2.07. The van der Waals surface area contributed by atoms with Gasteiger partial charge in [-0.15, -0.1) is 5.53 Å². The molecule has 1 aliphatic heterocycles. The predicted octanol–water partition coefficient (Wildman–Crippen LogP) is 2.44. The molecule has 0 amide bonds. The highest BCUT2D eigenvalue weighted by atomic mass is 79.9. The molecule has 3 nitrogen and oxygen atoms in total. The Hall–Kier alpha value is -1.00. The first kappa shape index (κ1) is 9.55. The summed E-state index contributed by atoms with van der Waals surface area (Å²) in [5.41, 5.74) is 6.33. The SMILES string of the molecule is CC1=CN(CBr)NN1c1ccccc1. The van der Waals surface area contributed by atoms with Crippen LogP contribution in [0.5, 0.6) is 0 Å². The molecule has 0 spiro atoms. The summed E-state index contributed by atoms with van der Waals surface area (Å²) in [7, 11) is 0. The van der Waals surface area contributed by atoms with Crippen LogP contribution in [0, 0.1) is 0 Å². The summed E-state index contributed by atoms with van der Waals surface area (Å²) in [5, 5.41) is 4.02. The van der Waals surface area contributed by atoms with Gasteiger partial charge in [-0.05, 0) is 19.1 Å². The number of anilines is 1. The third-order valence-corrected chi connectivity index (χ3v) is 2.61. The molecule has 1 aromatic carbocycles. The number of alkyl halides is 1. The third-order valence-electron chi connectivity index (χ3n) is 2.07. The second-order valence-corrected chi connectivity index (χ2v) is 3.63. The minimum absolute atomic E-state index is 0.772. The molecule has 4 heteroatoms. The van der Waals surface area contributed by atoms with E-state index in [9.17, 15) is 0 Å². The predicted molar refractivity (Wildman–Crippen MR) is 61.4 cm³/mol. The van der Waals surface area contributed by atoms with Crippen LogP contribution < -0.4 is 10.5 Å². The Kier molecular flexibility index (Phi) is 2.74. The van der Waals surface area contributed by atoms with Crippen LogP contribution in [0.15, 0.2) is 42.2 Å². The number of nitrogens with one attached hydrogen (secondary N) is 1. The maximum Gasteiger partial charge on any atom is 0.0907 e. The summed E-state index contributed by atoms with van der Waals surface area (Å²) < 4.78 is 0. The highest BCUT2D eigenvalue weighted by Gasteiger charge is 2.17. The van der Waals surface area contributed by atoms with E-state index in [0.29, 0.717) is 0 Å². The molecular weight excluding hydrogens is 242 g/mol. The Labute approximate surface area is 92.1 Å². The molecule has 0 aliphatic carbocycles. The monoisotopic (exact) mass is 253 g/mol. The highest BCUT2D eigenvalue weighted by molar-refractivity contribution is 9.09. The maximum atomic E-state index is 3.40. The van der Waals surface area contributed by atoms with Crippen molar-refractivity contribution in [2.24, 2.45) is 0 Å². The molecule has 0 atom stereocenters. The fourth-order valence-corrected chi connectivity index (χ4v) is 1.68. The van der Waals surface area contributed by atoms with Crippen LogP contribution >= 0.6 is 15.9 Å². The van der Waals surface area contributed by atoms with Gasteiger partial charge in [0, 0.05) is 6.20 Å². The smallest absolute Gasteiger partial charge is 0.0907 e. The van der Waals surface area contributed by atoms with Crippen LogP contribution in [0.3, 0.4) is 0 Å². The first-order chi connectivity index (χ1) is 6.81. The van der Waals surface area contributed by atoms with Crippen molar-refractivity contribution in [1.82, 2.24) is 10.5 Å². The molecule has 0 fully saturated rings. The zero-order chi connectivity index (χ0) is 9.97. The standard InChI is InChI=1S/C10H12BrN3/c1-9-7-13(8-11)12-14(9)10-5-3-2-4-6-10/h2-7,12H,8H2,1H3. The lowest BCUT2D eigenvalue weighted by Gasteiger charge is -2.22. The summed E-state index contributed by atoms with van der Waals surface area (Å²) in [6, 6.07) is 10.2. The van der Waals surface area contributed by atoms with Crippen LogP contribution in [-0.2, 0) is 0 Å². The van der Waals surface area contributed by atoms with Crippen molar-refractivity contribution in [3.05, 3.63) is 42.2 Å². The van der Waals surface area contributed by atoms with Crippen LogP contribution in [0.4, 0.5) is 5.69 Å². The van der Waals surface area contributed by atoms with Gasteiger partial charge in [-0.25, -0.2) is 0 Å². The van der Waals surface area contributed by atoms with Crippen molar-refractivity contribution >= 4 is 21.6 Å². The topological polar surface area (TPSA) is 18.5 Å². The van der Waals surface area contributed by atoms with Crippen LogP contribution in [0.25, 0.3) is 0 Å². The van der Waals surface area contributed by atoms with E-state index >= 15 is 0 Å². The van der Waals surface area contributed by atoms with E-state index in [1.807, 2.05) is 28.2 Å². The maximum absolute atomic E-state index is 3.40. The van der Waals surface area contributed by atoms with E-state index in [2.05, 4.69) is 46.7 Å². The van der Waals surface area contributed by atoms with Crippen molar-refractivity contribution in [2.45, 2.75) is 6.92 Å². The fraction of sp³-hybridized carbons (Fsp3) is 0.200. The van der Waals surface area contributed by atoms with E-state index < -0.39 is 0 Å². The van der Waals surface area contributed by atoms with Gasteiger partial charge in [0.05, 0.1) is 16.8 Å². The largest absolute Gasteiger partial charge is 0.285 e. The van der Waals surface area contributed by atoms with E-state index in [0.717, 1.165) is 11.1 Å². The number of hydrazine groups is 2. The van der Waals surface area contributed by atoms with Gasteiger partial charge in [0.2, 0.25) is 0 Å². The first-order valence-electron chi connectivity index (χ1n) is 4.44. The summed E-state index contributed by atoms with van der Waals surface area (Å²) >= 11 is 3.40. The van der Waals surface area contributed by atoms with Crippen molar-refractivity contribution in [3.63, 3.8) is 0 Å². The Morgan fingerprint density at radius 2 is 2.00 bits per heavy atom. The third kappa shape index (κ3) is 1.76. The van der Waals surface area contributed by atoms with Crippen molar-refractivity contribution in [1.29, 1.82) is 0 Å². The second kappa shape index (κ2) is 4.02. The molecule has 0 saturated carbocycles. The number of rotatable bonds is 2. The normalized spacial score (nSPS) is 16.0. The van der Waals surface area contributed by atoms with Gasteiger partial charge < -0.3 is 0 Å². The molecule has 0 unspecified atom stereocenters. The van der Waals surface area contributed by atoms with Gasteiger partial charge in [-0.1, -0.05) is 34.1 Å². The zero-order valence-corrected chi connectivity index (χ0v) is 9.53. The molecule has 2 rings (SSSR count). The highest BCUT2D eigenvalue weighted by Crippen LogP contribution is 2.20. The second-order valence-electron chi connectivity index (χ2n) is 3.13. The Balaban J connectivity index is 2.19. The Bertz CT molecular complexity index is 336. The number of allylic oxidation sites excluding steroid dienone is 1. The summed E-state index contributed by atoms with van der Waals surface area (Å²) in [5.74, 6) is 0. The van der Waals surface area contributed by atoms with E-state index in [1.54, 1.807) is 0 Å².